The predicted octanol–water partition coefficient (Wildman–Crippen LogP) is 3.15. The summed E-state index contributed by atoms with van der Waals surface area (Å²) in [7, 11) is 0. The Morgan fingerprint density at radius 2 is 2.04 bits per heavy atom. The first kappa shape index (κ1) is 21.2. The number of anilines is 1. The van der Waals surface area contributed by atoms with Crippen LogP contribution in [0, 0.1) is 5.92 Å². The lowest BCUT2D eigenvalue weighted by molar-refractivity contribution is -0.140. The van der Waals surface area contributed by atoms with Gasteiger partial charge in [0, 0.05) is 23.7 Å². The number of benzene rings is 1. The smallest absolute Gasteiger partial charge is 0.248 e. The molecule has 0 N–H and O–H groups in total. The van der Waals surface area contributed by atoms with E-state index in [1.54, 1.807) is 29.2 Å². The molecule has 1 aliphatic rings. The average Bonchev–Trinajstić information content (AvgIpc) is 2.99. The second-order valence-electron chi connectivity index (χ2n) is 7.30. The third-order valence-electron chi connectivity index (χ3n) is 4.46. The SMILES string of the molecule is CCCCN(CC(=O)N1CC(=O)N(c2cccc(Cl)c2)C1)C(=O)CC(C)C. The standard InChI is InChI=1S/C20H28ClN3O3/c1-4-5-9-22(18(25)10-15(2)3)12-19(26)23-13-20(27)24(14-23)17-8-6-7-16(21)11-17/h6-8,11,15H,4-5,9-10,12-14H2,1-3H3. The second kappa shape index (κ2) is 9.74. The maximum atomic E-state index is 12.7. The third kappa shape index (κ3) is 5.96. The molecule has 1 fully saturated rings. The van der Waals surface area contributed by atoms with Crippen molar-refractivity contribution in [1.29, 1.82) is 0 Å². The molecule has 0 saturated carbocycles. The number of unbranched alkanes of at least 4 members (excludes halogenated alkanes) is 1. The van der Waals surface area contributed by atoms with Gasteiger partial charge in [-0.1, -0.05) is 44.9 Å². The number of hydrogen-bond acceptors (Lipinski definition) is 3. The zero-order valence-corrected chi connectivity index (χ0v) is 17.0. The van der Waals surface area contributed by atoms with Crippen molar-refractivity contribution in [2.75, 3.05) is 31.2 Å². The number of carbonyl (C=O) groups excluding carboxylic acids is 3. The van der Waals surface area contributed by atoms with Gasteiger partial charge < -0.3 is 9.80 Å². The average molecular weight is 394 g/mol. The number of amides is 3. The second-order valence-corrected chi connectivity index (χ2v) is 7.74. The molecule has 148 valence electrons. The molecule has 0 unspecified atom stereocenters. The minimum atomic E-state index is -0.207. The van der Waals surface area contributed by atoms with Crippen LogP contribution >= 0.6 is 11.6 Å². The number of rotatable bonds is 8. The summed E-state index contributed by atoms with van der Waals surface area (Å²) >= 11 is 6.00. The number of carbonyl (C=O) groups is 3. The zero-order chi connectivity index (χ0) is 20.0. The molecule has 1 aliphatic heterocycles. The van der Waals surface area contributed by atoms with Crippen LogP contribution in [-0.2, 0) is 14.4 Å². The molecule has 1 aromatic rings. The van der Waals surface area contributed by atoms with E-state index in [1.807, 2.05) is 13.8 Å². The Labute approximate surface area is 166 Å². The van der Waals surface area contributed by atoms with E-state index in [-0.39, 0.29) is 43.4 Å². The van der Waals surface area contributed by atoms with Crippen LogP contribution in [0.1, 0.15) is 40.0 Å². The van der Waals surface area contributed by atoms with Crippen molar-refractivity contribution in [3.8, 4) is 0 Å². The van der Waals surface area contributed by atoms with Crippen molar-refractivity contribution in [2.45, 2.75) is 40.0 Å². The van der Waals surface area contributed by atoms with Gasteiger partial charge in [0.15, 0.2) is 0 Å². The summed E-state index contributed by atoms with van der Waals surface area (Å²) in [5.74, 6) is -0.132. The van der Waals surface area contributed by atoms with Gasteiger partial charge in [-0.05, 0) is 30.5 Å². The molecule has 0 aliphatic carbocycles. The highest BCUT2D eigenvalue weighted by Gasteiger charge is 2.33. The monoisotopic (exact) mass is 393 g/mol. The highest BCUT2D eigenvalue weighted by Crippen LogP contribution is 2.23. The molecule has 2 rings (SSSR count). The van der Waals surface area contributed by atoms with Crippen molar-refractivity contribution in [3.05, 3.63) is 29.3 Å². The Morgan fingerprint density at radius 3 is 2.67 bits per heavy atom. The molecular weight excluding hydrogens is 366 g/mol. The quantitative estimate of drug-likeness (QED) is 0.681. The van der Waals surface area contributed by atoms with Crippen LogP contribution in [0.4, 0.5) is 5.69 Å². The van der Waals surface area contributed by atoms with Crippen molar-refractivity contribution in [2.24, 2.45) is 5.92 Å². The van der Waals surface area contributed by atoms with Crippen LogP contribution in [0.25, 0.3) is 0 Å². The van der Waals surface area contributed by atoms with Crippen molar-refractivity contribution in [3.63, 3.8) is 0 Å². The summed E-state index contributed by atoms with van der Waals surface area (Å²) in [6.45, 7) is 6.80. The molecule has 0 atom stereocenters. The minimum Gasteiger partial charge on any atom is -0.333 e. The molecule has 1 aromatic carbocycles. The number of halogens is 1. The van der Waals surface area contributed by atoms with Gasteiger partial charge in [-0.3, -0.25) is 19.3 Å². The fraction of sp³-hybridized carbons (Fsp3) is 0.550. The lowest BCUT2D eigenvalue weighted by atomic mass is 10.1. The van der Waals surface area contributed by atoms with E-state index in [4.69, 9.17) is 11.6 Å². The summed E-state index contributed by atoms with van der Waals surface area (Å²) in [6, 6.07) is 7.00. The summed E-state index contributed by atoms with van der Waals surface area (Å²) in [5, 5.41) is 0.537. The van der Waals surface area contributed by atoms with Crippen LogP contribution < -0.4 is 4.90 Å². The summed E-state index contributed by atoms with van der Waals surface area (Å²) in [5.41, 5.74) is 0.668. The molecule has 0 radical (unpaired) electrons. The van der Waals surface area contributed by atoms with Gasteiger partial charge in [0.1, 0.15) is 13.2 Å². The van der Waals surface area contributed by atoms with Crippen LogP contribution in [0.15, 0.2) is 24.3 Å². The molecule has 27 heavy (non-hydrogen) atoms. The normalized spacial score (nSPS) is 14.2. The van der Waals surface area contributed by atoms with Gasteiger partial charge in [0.25, 0.3) is 0 Å². The molecule has 0 bridgehead atoms. The van der Waals surface area contributed by atoms with Crippen LogP contribution in [-0.4, -0.2) is 53.8 Å². The topological polar surface area (TPSA) is 60.9 Å². The Balaban J connectivity index is 2.03. The van der Waals surface area contributed by atoms with Crippen LogP contribution in [0.5, 0.6) is 0 Å². The van der Waals surface area contributed by atoms with E-state index in [9.17, 15) is 14.4 Å². The zero-order valence-electron chi connectivity index (χ0n) is 16.3. The van der Waals surface area contributed by atoms with Gasteiger partial charge in [0.05, 0.1) is 6.54 Å². The number of nitrogens with zero attached hydrogens (tertiary/aromatic N) is 3. The highest BCUT2D eigenvalue weighted by molar-refractivity contribution is 6.31. The third-order valence-corrected chi connectivity index (χ3v) is 4.69. The molecule has 6 nitrogen and oxygen atoms in total. The molecule has 1 heterocycles. The lowest BCUT2D eigenvalue weighted by Gasteiger charge is -2.25. The van der Waals surface area contributed by atoms with Crippen molar-refractivity contribution < 1.29 is 14.4 Å². The van der Waals surface area contributed by atoms with Crippen LogP contribution in [0.3, 0.4) is 0 Å². The molecule has 1 saturated heterocycles. The predicted molar refractivity (Wildman–Crippen MR) is 106 cm³/mol. The first-order valence-electron chi connectivity index (χ1n) is 9.43. The summed E-state index contributed by atoms with van der Waals surface area (Å²) in [4.78, 5) is 42.2. The Bertz CT molecular complexity index is 693. The maximum Gasteiger partial charge on any atom is 0.248 e. The fourth-order valence-corrected chi connectivity index (χ4v) is 3.15. The first-order chi connectivity index (χ1) is 12.8. The van der Waals surface area contributed by atoms with Crippen molar-refractivity contribution in [1.82, 2.24) is 9.80 Å². The van der Waals surface area contributed by atoms with Gasteiger partial charge >= 0.3 is 0 Å². The van der Waals surface area contributed by atoms with E-state index >= 15 is 0 Å². The van der Waals surface area contributed by atoms with E-state index < -0.39 is 0 Å². The summed E-state index contributed by atoms with van der Waals surface area (Å²) < 4.78 is 0. The largest absolute Gasteiger partial charge is 0.333 e. The minimum absolute atomic E-state index is 0.0102. The van der Waals surface area contributed by atoms with Gasteiger partial charge in [-0.2, -0.15) is 0 Å². The van der Waals surface area contributed by atoms with E-state index in [0.29, 0.717) is 23.7 Å². The molecule has 3 amide bonds. The molecule has 7 heteroatoms. The number of hydrogen-bond donors (Lipinski definition) is 0. The lowest BCUT2D eigenvalue weighted by Crippen LogP contribution is -2.43. The Morgan fingerprint density at radius 1 is 1.30 bits per heavy atom. The highest BCUT2D eigenvalue weighted by atomic mass is 35.5. The van der Waals surface area contributed by atoms with Crippen molar-refractivity contribution >= 4 is 35.0 Å². The van der Waals surface area contributed by atoms with Gasteiger partial charge in [0.2, 0.25) is 17.7 Å². The summed E-state index contributed by atoms with van der Waals surface area (Å²) in [6.07, 6.45) is 2.22. The Hall–Kier alpha value is -2.08. The van der Waals surface area contributed by atoms with E-state index in [2.05, 4.69) is 6.92 Å². The van der Waals surface area contributed by atoms with E-state index in [0.717, 1.165) is 12.8 Å². The fourth-order valence-electron chi connectivity index (χ4n) is 2.97. The van der Waals surface area contributed by atoms with Gasteiger partial charge in [-0.15, -0.1) is 0 Å². The molecular formula is C20H28ClN3O3. The molecule has 0 aromatic heterocycles. The van der Waals surface area contributed by atoms with Gasteiger partial charge in [-0.25, -0.2) is 0 Å². The Kier molecular flexibility index (Phi) is 7.66. The first-order valence-corrected chi connectivity index (χ1v) is 9.81. The van der Waals surface area contributed by atoms with E-state index in [1.165, 1.54) is 9.80 Å². The van der Waals surface area contributed by atoms with Crippen LogP contribution in [0.2, 0.25) is 5.02 Å². The molecule has 0 spiro atoms. The maximum absolute atomic E-state index is 12.7.